The Labute approximate surface area is 158 Å². The Hall–Kier alpha value is -3.40. The monoisotopic (exact) mass is 370 g/mol. The van der Waals surface area contributed by atoms with Crippen LogP contribution in [0.5, 0.6) is 23.0 Å². The molecular formula is C20H22N2O5. The van der Waals surface area contributed by atoms with E-state index < -0.39 is 0 Å². The first-order valence-electron chi connectivity index (χ1n) is 8.37. The molecule has 0 aliphatic heterocycles. The molecule has 27 heavy (non-hydrogen) atoms. The van der Waals surface area contributed by atoms with Gasteiger partial charge in [-0.1, -0.05) is 18.2 Å². The van der Waals surface area contributed by atoms with Crippen molar-refractivity contribution in [3.63, 3.8) is 0 Å². The smallest absolute Gasteiger partial charge is 0.234 e. The van der Waals surface area contributed by atoms with Crippen molar-refractivity contribution in [1.29, 1.82) is 5.26 Å². The Morgan fingerprint density at radius 1 is 0.963 bits per heavy atom. The van der Waals surface area contributed by atoms with E-state index in [1.165, 1.54) is 0 Å². The summed E-state index contributed by atoms with van der Waals surface area (Å²) < 4.78 is 22.0. The van der Waals surface area contributed by atoms with E-state index in [0.717, 1.165) is 5.56 Å². The summed E-state index contributed by atoms with van der Waals surface area (Å²) in [5.74, 6) is 2.11. The molecule has 2 rings (SSSR count). The van der Waals surface area contributed by atoms with Crippen LogP contribution in [-0.4, -0.2) is 33.3 Å². The van der Waals surface area contributed by atoms with Crippen molar-refractivity contribution in [3.05, 3.63) is 48.0 Å². The molecule has 0 aromatic heterocycles. The molecule has 0 unspecified atom stereocenters. The first-order valence-corrected chi connectivity index (χ1v) is 8.37. The van der Waals surface area contributed by atoms with E-state index >= 15 is 0 Å². The van der Waals surface area contributed by atoms with Crippen molar-refractivity contribution >= 4 is 5.91 Å². The van der Waals surface area contributed by atoms with Crippen LogP contribution in [-0.2, 0) is 11.3 Å². The fourth-order valence-corrected chi connectivity index (χ4v) is 2.32. The van der Waals surface area contributed by atoms with Crippen LogP contribution in [0, 0.1) is 11.3 Å². The van der Waals surface area contributed by atoms with E-state index in [9.17, 15) is 4.79 Å². The summed E-state index contributed by atoms with van der Waals surface area (Å²) in [5.41, 5.74) is 0.836. The van der Waals surface area contributed by atoms with Crippen molar-refractivity contribution in [2.24, 2.45) is 0 Å². The lowest BCUT2D eigenvalue weighted by molar-refractivity contribution is -0.120. The van der Waals surface area contributed by atoms with Gasteiger partial charge in [0.15, 0.2) is 23.0 Å². The molecule has 1 amide bonds. The minimum atomic E-state index is -0.319. The Morgan fingerprint density at radius 2 is 1.59 bits per heavy atom. The molecule has 0 fully saturated rings. The van der Waals surface area contributed by atoms with Crippen molar-refractivity contribution in [2.45, 2.75) is 13.0 Å². The van der Waals surface area contributed by atoms with Gasteiger partial charge in [-0.3, -0.25) is 4.79 Å². The Kier molecular flexibility index (Phi) is 7.79. The highest BCUT2D eigenvalue weighted by Gasteiger charge is 2.08. The van der Waals surface area contributed by atoms with Gasteiger partial charge in [-0.05, 0) is 29.8 Å². The average molecular weight is 370 g/mol. The zero-order valence-electron chi connectivity index (χ0n) is 15.4. The highest BCUT2D eigenvalue weighted by Crippen LogP contribution is 2.29. The average Bonchev–Trinajstić information content (AvgIpc) is 2.70. The lowest BCUT2D eigenvalue weighted by Gasteiger charge is -2.14. The third-order valence-corrected chi connectivity index (χ3v) is 3.62. The highest BCUT2D eigenvalue weighted by molar-refractivity contribution is 5.77. The zero-order chi connectivity index (χ0) is 19.5. The van der Waals surface area contributed by atoms with Crippen molar-refractivity contribution < 1.29 is 23.7 Å². The molecule has 0 heterocycles. The second-order valence-electron chi connectivity index (χ2n) is 5.44. The number of hydrogen-bond acceptors (Lipinski definition) is 6. The quantitative estimate of drug-likeness (QED) is 0.647. The number of carbonyl (C=O) groups excluding carboxylic acids is 1. The van der Waals surface area contributed by atoms with Gasteiger partial charge in [-0.2, -0.15) is 5.26 Å². The maximum Gasteiger partial charge on any atom is 0.234 e. The van der Waals surface area contributed by atoms with Gasteiger partial charge in [0.05, 0.1) is 20.3 Å². The van der Waals surface area contributed by atoms with Gasteiger partial charge in [0.1, 0.15) is 19.6 Å². The Balaban J connectivity index is 1.91. The first-order chi connectivity index (χ1) is 13.2. The number of ether oxygens (including phenoxy) is 4. The molecule has 2 aromatic carbocycles. The zero-order valence-corrected chi connectivity index (χ0v) is 15.4. The second-order valence-corrected chi connectivity index (χ2v) is 5.44. The molecule has 0 aliphatic carbocycles. The van der Waals surface area contributed by atoms with Gasteiger partial charge in [0, 0.05) is 6.54 Å². The number of carbonyl (C=O) groups is 1. The number of nitrogens with zero attached hydrogens (tertiary/aromatic N) is 1. The van der Waals surface area contributed by atoms with Gasteiger partial charge in [-0.25, -0.2) is 0 Å². The van der Waals surface area contributed by atoms with Gasteiger partial charge < -0.3 is 24.3 Å². The van der Waals surface area contributed by atoms with Crippen LogP contribution in [0.1, 0.15) is 12.0 Å². The fourth-order valence-electron chi connectivity index (χ4n) is 2.32. The van der Waals surface area contributed by atoms with Crippen LogP contribution in [0.2, 0.25) is 0 Å². The predicted octanol–water partition coefficient (Wildman–Crippen LogP) is 2.69. The van der Waals surface area contributed by atoms with Crippen LogP contribution in [0.15, 0.2) is 42.5 Å². The minimum absolute atomic E-state index is 0.167. The van der Waals surface area contributed by atoms with Crippen LogP contribution in [0.25, 0.3) is 0 Å². The molecule has 0 spiro atoms. The maximum absolute atomic E-state index is 11.4. The van der Waals surface area contributed by atoms with E-state index in [1.807, 2.05) is 36.4 Å². The number of nitriles is 1. The molecule has 0 saturated carbocycles. The topological polar surface area (TPSA) is 89.8 Å². The van der Waals surface area contributed by atoms with E-state index in [0.29, 0.717) is 42.8 Å². The number of amides is 1. The highest BCUT2D eigenvalue weighted by atomic mass is 16.5. The molecule has 0 saturated heterocycles. The fraction of sp³-hybridized carbons (Fsp3) is 0.300. The van der Waals surface area contributed by atoms with Crippen LogP contribution in [0.3, 0.4) is 0 Å². The third kappa shape index (κ3) is 6.12. The molecule has 0 atom stereocenters. The first kappa shape index (κ1) is 19.9. The van der Waals surface area contributed by atoms with Crippen LogP contribution >= 0.6 is 0 Å². The number of nitrogens with one attached hydrogen (secondary N) is 1. The Morgan fingerprint density at radius 3 is 2.26 bits per heavy atom. The lowest BCUT2D eigenvalue weighted by atomic mass is 10.2. The number of hydrogen-bond donors (Lipinski definition) is 1. The predicted molar refractivity (Wildman–Crippen MR) is 99.1 cm³/mol. The number of benzene rings is 2. The van der Waals surface area contributed by atoms with E-state index in [2.05, 4.69) is 5.32 Å². The van der Waals surface area contributed by atoms with Crippen LogP contribution in [0.4, 0.5) is 0 Å². The summed E-state index contributed by atoms with van der Waals surface area (Å²) in [7, 11) is 3.15. The number of rotatable bonds is 10. The standard InChI is InChI=1S/C20H22N2O5/c1-24-16-5-3-4-6-18(16)26-11-12-27-19-13-15(7-8-17(19)25-2)14-22-20(23)9-10-21/h3-8,13H,9,11-12,14H2,1-2H3,(H,22,23). The third-order valence-electron chi connectivity index (χ3n) is 3.62. The van der Waals surface area contributed by atoms with Crippen LogP contribution < -0.4 is 24.3 Å². The molecule has 2 aromatic rings. The van der Waals surface area contributed by atoms with Gasteiger partial charge in [0.2, 0.25) is 5.91 Å². The van der Waals surface area contributed by atoms with E-state index in [-0.39, 0.29) is 12.3 Å². The summed E-state index contributed by atoms with van der Waals surface area (Å²) in [6.45, 7) is 0.934. The largest absolute Gasteiger partial charge is 0.493 e. The van der Waals surface area contributed by atoms with Crippen molar-refractivity contribution in [1.82, 2.24) is 5.32 Å². The molecular weight excluding hydrogens is 348 g/mol. The summed E-state index contributed by atoms with van der Waals surface area (Å²) in [4.78, 5) is 11.4. The second kappa shape index (κ2) is 10.6. The molecule has 0 aliphatic rings. The molecule has 7 heteroatoms. The molecule has 142 valence electrons. The van der Waals surface area contributed by atoms with Crippen molar-refractivity contribution in [3.8, 4) is 29.1 Å². The molecule has 7 nitrogen and oxygen atoms in total. The van der Waals surface area contributed by atoms with Gasteiger partial charge in [0.25, 0.3) is 0 Å². The molecule has 1 N–H and O–H groups in total. The summed E-state index contributed by atoms with van der Waals surface area (Å²) in [6, 6.07) is 14.6. The Bertz CT molecular complexity index is 801. The summed E-state index contributed by atoms with van der Waals surface area (Å²) in [5, 5.41) is 11.2. The summed E-state index contributed by atoms with van der Waals surface area (Å²) >= 11 is 0. The van der Waals surface area contributed by atoms with E-state index in [1.54, 1.807) is 26.4 Å². The van der Waals surface area contributed by atoms with Crippen molar-refractivity contribution in [2.75, 3.05) is 27.4 Å². The normalized spacial score (nSPS) is 9.81. The molecule has 0 radical (unpaired) electrons. The summed E-state index contributed by atoms with van der Waals surface area (Å²) in [6.07, 6.45) is -0.167. The maximum atomic E-state index is 11.4. The minimum Gasteiger partial charge on any atom is -0.493 e. The van der Waals surface area contributed by atoms with Gasteiger partial charge in [-0.15, -0.1) is 0 Å². The lowest BCUT2D eigenvalue weighted by Crippen LogP contribution is -2.21. The number of methoxy groups -OCH3 is 2. The number of para-hydroxylation sites is 2. The van der Waals surface area contributed by atoms with Gasteiger partial charge >= 0.3 is 0 Å². The SMILES string of the molecule is COc1ccccc1OCCOc1cc(CNC(=O)CC#N)ccc1OC. The van der Waals surface area contributed by atoms with E-state index in [4.69, 9.17) is 24.2 Å². The molecule has 0 bridgehead atoms.